The van der Waals surface area contributed by atoms with Crippen LogP contribution in [0.15, 0.2) is 61.3 Å². The van der Waals surface area contributed by atoms with Gasteiger partial charge in [0.05, 0.1) is 40.8 Å². The van der Waals surface area contributed by atoms with Crippen LogP contribution in [0.3, 0.4) is 0 Å². The molecule has 0 saturated heterocycles. The van der Waals surface area contributed by atoms with Crippen LogP contribution in [0.5, 0.6) is 11.5 Å². The van der Waals surface area contributed by atoms with Crippen LogP contribution in [0.25, 0.3) is 55.8 Å². The number of phenols is 1. The summed E-state index contributed by atoms with van der Waals surface area (Å²) in [7, 11) is 0. The van der Waals surface area contributed by atoms with Crippen molar-refractivity contribution in [2.75, 3.05) is 0 Å². The third-order valence-corrected chi connectivity index (χ3v) is 5.28. The van der Waals surface area contributed by atoms with Crippen LogP contribution in [0.4, 0.5) is 4.39 Å². The topological polar surface area (TPSA) is 136 Å². The summed E-state index contributed by atoms with van der Waals surface area (Å²) in [5.41, 5.74) is 4.76. The van der Waals surface area contributed by atoms with Gasteiger partial charge >= 0.3 is 0 Å². The van der Waals surface area contributed by atoms with E-state index in [1.165, 1.54) is 18.3 Å². The van der Waals surface area contributed by atoms with E-state index in [1.807, 2.05) is 6.07 Å². The average molecular weight is 439 g/mol. The molecule has 33 heavy (non-hydrogen) atoms. The molecule has 0 unspecified atom stereocenters. The van der Waals surface area contributed by atoms with E-state index in [-0.39, 0.29) is 11.5 Å². The zero-order valence-electron chi connectivity index (χ0n) is 16.8. The quantitative estimate of drug-likeness (QED) is 0.325. The first-order valence-electron chi connectivity index (χ1n) is 9.88. The van der Waals surface area contributed by atoms with Gasteiger partial charge in [0.15, 0.2) is 5.82 Å². The number of imidazole rings is 1. The Kier molecular flexibility index (Phi) is 4.06. The molecule has 0 radical (unpaired) electrons. The predicted octanol–water partition coefficient (Wildman–Crippen LogP) is 4.18. The second-order valence-electron chi connectivity index (χ2n) is 7.49. The molecule has 0 bridgehead atoms. The molecule has 5 heterocycles. The average Bonchev–Trinajstić information content (AvgIpc) is 3.41. The first kappa shape index (κ1) is 18.9. The van der Waals surface area contributed by atoms with Gasteiger partial charge in [0.1, 0.15) is 23.0 Å². The molecule has 1 aromatic carbocycles. The fourth-order valence-electron chi connectivity index (χ4n) is 3.81. The molecule has 0 aliphatic carbocycles. The zero-order valence-corrected chi connectivity index (χ0v) is 16.8. The normalized spacial score (nSPS) is 11.4. The highest BCUT2D eigenvalue weighted by atomic mass is 19.1. The Morgan fingerprint density at radius 2 is 1.64 bits per heavy atom. The van der Waals surface area contributed by atoms with Crippen molar-refractivity contribution in [3.05, 3.63) is 67.1 Å². The lowest BCUT2D eigenvalue weighted by atomic mass is 10.1. The van der Waals surface area contributed by atoms with Crippen LogP contribution in [0.1, 0.15) is 0 Å². The van der Waals surface area contributed by atoms with E-state index >= 15 is 0 Å². The summed E-state index contributed by atoms with van der Waals surface area (Å²) in [5.74, 6) is -0.213. The molecule has 9 nitrogen and oxygen atoms in total. The molecule has 0 aliphatic heterocycles. The summed E-state index contributed by atoms with van der Waals surface area (Å²) in [5, 5.41) is 27.7. The SMILES string of the molecule is Oc1cncc(-c2cc3c(-c4nc5c(-c6cc(O)cc(F)c6)cncc5[nH]4)n[nH]c3cn2)c1. The molecule has 0 spiro atoms. The Hall–Kier alpha value is -4.86. The standard InChI is InChI=1S/C23H14FN7O2/c24-13-1-11(2-14(32)4-13)17-8-26-9-20-21(17)29-23(28-20)22-16-5-18(27-10-19(16)30-31-22)12-3-15(33)7-25-6-12/h1-10,32-33H,(H,28,29)(H,30,31). The minimum atomic E-state index is -0.558. The Labute approximate surface area is 184 Å². The number of rotatable bonds is 3. The van der Waals surface area contributed by atoms with Crippen molar-refractivity contribution in [2.45, 2.75) is 0 Å². The van der Waals surface area contributed by atoms with Gasteiger partial charge in [0, 0.05) is 35.0 Å². The Bertz CT molecular complexity index is 1650. The van der Waals surface area contributed by atoms with Crippen LogP contribution in [-0.2, 0) is 0 Å². The largest absolute Gasteiger partial charge is 0.508 e. The Balaban J connectivity index is 1.51. The number of pyridine rings is 3. The van der Waals surface area contributed by atoms with E-state index < -0.39 is 5.82 Å². The molecule has 0 atom stereocenters. The number of phenolic OH excluding ortho intramolecular Hbond substituents is 1. The number of benzene rings is 1. The minimum absolute atomic E-state index is 0.0440. The predicted molar refractivity (Wildman–Crippen MR) is 119 cm³/mol. The Morgan fingerprint density at radius 3 is 2.48 bits per heavy atom. The van der Waals surface area contributed by atoms with Gasteiger partial charge in [0.25, 0.3) is 0 Å². The molecular formula is C23H14FN7O2. The molecule has 10 heteroatoms. The summed E-state index contributed by atoms with van der Waals surface area (Å²) >= 11 is 0. The molecule has 5 aromatic heterocycles. The van der Waals surface area contributed by atoms with E-state index in [9.17, 15) is 14.6 Å². The summed E-state index contributed by atoms with van der Waals surface area (Å²) in [6.07, 6.45) is 7.80. The number of aromatic hydroxyl groups is 2. The van der Waals surface area contributed by atoms with Crippen molar-refractivity contribution in [3.8, 4) is 45.4 Å². The summed E-state index contributed by atoms with van der Waals surface area (Å²) < 4.78 is 13.9. The maximum Gasteiger partial charge on any atom is 0.159 e. The fraction of sp³-hybridized carbons (Fsp3) is 0. The van der Waals surface area contributed by atoms with Crippen molar-refractivity contribution in [2.24, 2.45) is 0 Å². The van der Waals surface area contributed by atoms with Crippen molar-refractivity contribution < 1.29 is 14.6 Å². The van der Waals surface area contributed by atoms with Gasteiger partial charge in [-0.3, -0.25) is 20.1 Å². The molecule has 0 aliphatic rings. The molecular weight excluding hydrogens is 425 g/mol. The van der Waals surface area contributed by atoms with Gasteiger partial charge in [0.2, 0.25) is 0 Å². The second-order valence-corrected chi connectivity index (χ2v) is 7.49. The lowest BCUT2D eigenvalue weighted by Gasteiger charge is -2.03. The number of nitrogens with zero attached hydrogens (tertiary/aromatic N) is 5. The number of hydrogen-bond acceptors (Lipinski definition) is 7. The van der Waals surface area contributed by atoms with E-state index in [2.05, 4.69) is 30.1 Å². The van der Waals surface area contributed by atoms with E-state index in [0.29, 0.717) is 50.5 Å². The van der Waals surface area contributed by atoms with Gasteiger partial charge in [-0.15, -0.1) is 0 Å². The van der Waals surface area contributed by atoms with Crippen LogP contribution in [-0.4, -0.2) is 45.3 Å². The highest BCUT2D eigenvalue weighted by Gasteiger charge is 2.17. The molecule has 6 aromatic rings. The fourth-order valence-corrected chi connectivity index (χ4v) is 3.81. The first-order valence-corrected chi connectivity index (χ1v) is 9.88. The summed E-state index contributed by atoms with van der Waals surface area (Å²) in [6, 6.07) is 7.22. The molecule has 0 amide bonds. The highest BCUT2D eigenvalue weighted by Crippen LogP contribution is 2.33. The molecule has 0 fully saturated rings. The van der Waals surface area contributed by atoms with E-state index in [1.54, 1.807) is 30.9 Å². The smallest absolute Gasteiger partial charge is 0.159 e. The van der Waals surface area contributed by atoms with Gasteiger partial charge in [-0.05, 0) is 29.8 Å². The molecule has 160 valence electrons. The van der Waals surface area contributed by atoms with Gasteiger partial charge in [-0.25, -0.2) is 9.37 Å². The molecule has 0 saturated carbocycles. The van der Waals surface area contributed by atoms with E-state index in [4.69, 9.17) is 4.98 Å². The van der Waals surface area contributed by atoms with Gasteiger partial charge < -0.3 is 15.2 Å². The molecule has 4 N–H and O–H groups in total. The number of nitrogens with one attached hydrogen (secondary N) is 2. The maximum absolute atomic E-state index is 13.9. The van der Waals surface area contributed by atoms with Crippen molar-refractivity contribution in [1.82, 2.24) is 35.1 Å². The zero-order chi connectivity index (χ0) is 22.5. The number of fused-ring (bicyclic) bond motifs is 2. The third-order valence-electron chi connectivity index (χ3n) is 5.28. The minimum Gasteiger partial charge on any atom is -0.508 e. The maximum atomic E-state index is 13.9. The van der Waals surface area contributed by atoms with Crippen LogP contribution in [0.2, 0.25) is 0 Å². The number of aromatic amines is 2. The highest BCUT2D eigenvalue weighted by molar-refractivity contribution is 5.97. The number of H-pyrrole nitrogens is 2. The Morgan fingerprint density at radius 1 is 0.788 bits per heavy atom. The third kappa shape index (κ3) is 3.21. The van der Waals surface area contributed by atoms with Crippen molar-refractivity contribution in [3.63, 3.8) is 0 Å². The van der Waals surface area contributed by atoms with Crippen LogP contribution >= 0.6 is 0 Å². The van der Waals surface area contributed by atoms with E-state index in [0.717, 1.165) is 11.5 Å². The van der Waals surface area contributed by atoms with Crippen LogP contribution in [0, 0.1) is 5.82 Å². The lowest BCUT2D eigenvalue weighted by Crippen LogP contribution is -1.86. The first-order chi connectivity index (χ1) is 16.0. The number of aromatic nitrogens is 7. The second kappa shape index (κ2) is 7.09. The van der Waals surface area contributed by atoms with Gasteiger partial charge in [-0.2, -0.15) is 5.10 Å². The summed E-state index contributed by atoms with van der Waals surface area (Å²) in [6.45, 7) is 0. The lowest BCUT2D eigenvalue weighted by molar-refractivity contribution is 0.469. The summed E-state index contributed by atoms with van der Waals surface area (Å²) in [4.78, 5) is 20.6. The van der Waals surface area contributed by atoms with Crippen molar-refractivity contribution in [1.29, 1.82) is 0 Å². The van der Waals surface area contributed by atoms with Crippen molar-refractivity contribution >= 4 is 21.9 Å². The number of halogens is 1. The number of hydrogen-bond donors (Lipinski definition) is 4. The monoisotopic (exact) mass is 439 g/mol. The van der Waals surface area contributed by atoms with Gasteiger partial charge in [-0.1, -0.05) is 0 Å². The van der Waals surface area contributed by atoms with Crippen LogP contribution < -0.4 is 0 Å². The molecule has 6 rings (SSSR count).